The summed E-state index contributed by atoms with van der Waals surface area (Å²) < 4.78 is 5.59. The van der Waals surface area contributed by atoms with Crippen LogP contribution in [-0.2, 0) is 6.42 Å². The molecule has 0 aliphatic rings. The standard InChI is InChI=1S/C13H15N3O2S/c1-9-12(13(17)16-14)19-11(15-9)7-8-18-10-5-3-2-4-6-10/h2-6H,7-8,14H2,1H3,(H,16,17). The number of rotatable bonds is 5. The fraction of sp³-hybridized carbons (Fsp3) is 0.231. The SMILES string of the molecule is Cc1nc(CCOc2ccccc2)sc1C(=O)NN. The highest BCUT2D eigenvalue weighted by Gasteiger charge is 2.13. The largest absolute Gasteiger partial charge is 0.493 e. The van der Waals surface area contributed by atoms with Gasteiger partial charge in [-0.05, 0) is 19.1 Å². The van der Waals surface area contributed by atoms with E-state index in [1.165, 1.54) is 11.3 Å². The van der Waals surface area contributed by atoms with E-state index in [1.807, 2.05) is 30.3 Å². The van der Waals surface area contributed by atoms with Crippen molar-refractivity contribution in [2.75, 3.05) is 6.61 Å². The van der Waals surface area contributed by atoms with E-state index in [0.717, 1.165) is 10.8 Å². The number of hydrazine groups is 1. The van der Waals surface area contributed by atoms with Gasteiger partial charge >= 0.3 is 0 Å². The molecule has 5 nitrogen and oxygen atoms in total. The molecular formula is C13H15N3O2S. The molecule has 19 heavy (non-hydrogen) atoms. The monoisotopic (exact) mass is 277 g/mol. The number of amides is 1. The molecule has 1 aromatic carbocycles. The molecule has 1 aromatic heterocycles. The number of hydrogen-bond acceptors (Lipinski definition) is 5. The van der Waals surface area contributed by atoms with Gasteiger partial charge in [0.15, 0.2) is 0 Å². The zero-order valence-electron chi connectivity index (χ0n) is 10.6. The first-order chi connectivity index (χ1) is 9.20. The molecule has 1 amide bonds. The average molecular weight is 277 g/mol. The number of hydrogen-bond donors (Lipinski definition) is 2. The van der Waals surface area contributed by atoms with Gasteiger partial charge in [-0.25, -0.2) is 10.8 Å². The average Bonchev–Trinajstić information content (AvgIpc) is 2.80. The minimum atomic E-state index is -0.301. The fourth-order valence-corrected chi connectivity index (χ4v) is 2.56. The summed E-state index contributed by atoms with van der Waals surface area (Å²) in [4.78, 5) is 16.3. The van der Waals surface area contributed by atoms with Crippen LogP contribution in [-0.4, -0.2) is 17.5 Å². The van der Waals surface area contributed by atoms with Gasteiger partial charge in [-0.1, -0.05) is 18.2 Å². The van der Waals surface area contributed by atoms with Crippen LogP contribution in [0.2, 0.25) is 0 Å². The van der Waals surface area contributed by atoms with Crippen LogP contribution in [0.3, 0.4) is 0 Å². The topological polar surface area (TPSA) is 77.2 Å². The maximum Gasteiger partial charge on any atom is 0.277 e. The van der Waals surface area contributed by atoms with Crippen molar-refractivity contribution in [1.29, 1.82) is 0 Å². The number of thiazole rings is 1. The van der Waals surface area contributed by atoms with Crippen LogP contribution in [0.15, 0.2) is 30.3 Å². The minimum absolute atomic E-state index is 0.301. The highest BCUT2D eigenvalue weighted by Crippen LogP contribution is 2.18. The van der Waals surface area contributed by atoms with E-state index in [2.05, 4.69) is 10.4 Å². The molecule has 0 saturated carbocycles. The van der Waals surface area contributed by atoms with E-state index in [9.17, 15) is 4.79 Å². The third kappa shape index (κ3) is 3.52. The summed E-state index contributed by atoms with van der Waals surface area (Å²) in [6.45, 7) is 2.32. The first kappa shape index (κ1) is 13.5. The summed E-state index contributed by atoms with van der Waals surface area (Å²) in [6.07, 6.45) is 0.665. The molecule has 0 saturated heterocycles. The van der Waals surface area contributed by atoms with Gasteiger partial charge in [-0.2, -0.15) is 0 Å². The second kappa shape index (κ2) is 6.31. The van der Waals surface area contributed by atoms with E-state index in [0.29, 0.717) is 23.6 Å². The third-order valence-electron chi connectivity index (χ3n) is 2.51. The molecule has 2 rings (SSSR count). The molecule has 0 aliphatic carbocycles. The van der Waals surface area contributed by atoms with E-state index in [1.54, 1.807) is 6.92 Å². The number of carbonyl (C=O) groups excluding carboxylic acids is 1. The summed E-state index contributed by atoms with van der Waals surface area (Å²) in [5.74, 6) is 5.64. The van der Waals surface area contributed by atoms with Crippen LogP contribution in [0.5, 0.6) is 5.75 Å². The lowest BCUT2D eigenvalue weighted by molar-refractivity contribution is 0.0957. The van der Waals surface area contributed by atoms with Crippen molar-refractivity contribution >= 4 is 17.2 Å². The van der Waals surface area contributed by atoms with Gasteiger partial charge in [0, 0.05) is 6.42 Å². The second-order valence-corrected chi connectivity index (χ2v) is 4.99. The van der Waals surface area contributed by atoms with Crippen molar-refractivity contribution in [3.63, 3.8) is 0 Å². The van der Waals surface area contributed by atoms with Crippen molar-refractivity contribution in [1.82, 2.24) is 10.4 Å². The van der Waals surface area contributed by atoms with Gasteiger partial charge in [0.25, 0.3) is 5.91 Å². The molecule has 0 unspecified atom stereocenters. The highest BCUT2D eigenvalue weighted by atomic mass is 32.1. The Morgan fingerprint density at radius 2 is 2.16 bits per heavy atom. The van der Waals surface area contributed by atoms with Crippen LogP contribution < -0.4 is 16.0 Å². The lowest BCUT2D eigenvalue weighted by Crippen LogP contribution is -2.29. The molecule has 3 N–H and O–H groups in total. The molecular weight excluding hydrogens is 262 g/mol. The quantitative estimate of drug-likeness (QED) is 0.495. The normalized spacial score (nSPS) is 10.2. The number of carbonyl (C=O) groups is 1. The number of nitrogens with one attached hydrogen (secondary N) is 1. The van der Waals surface area contributed by atoms with E-state index in [-0.39, 0.29) is 5.91 Å². The number of nitrogens with two attached hydrogens (primary N) is 1. The van der Waals surface area contributed by atoms with Gasteiger partial charge in [-0.15, -0.1) is 11.3 Å². The Kier molecular flexibility index (Phi) is 4.48. The van der Waals surface area contributed by atoms with Gasteiger partial charge < -0.3 is 4.74 Å². The van der Waals surface area contributed by atoms with E-state index in [4.69, 9.17) is 10.6 Å². The molecule has 0 aliphatic heterocycles. The van der Waals surface area contributed by atoms with Gasteiger partial charge in [0.2, 0.25) is 0 Å². The second-order valence-electron chi connectivity index (χ2n) is 3.91. The Bertz CT molecular complexity index is 554. The Morgan fingerprint density at radius 3 is 2.84 bits per heavy atom. The number of para-hydroxylation sites is 1. The summed E-state index contributed by atoms with van der Waals surface area (Å²) in [5, 5.41) is 0.868. The molecule has 1 heterocycles. The first-order valence-electron chi connectivity index (χ1n) is 5.86. The molecule has 0 bridgehead atoms. The molecule has 2 aromatic rings. The van der Waals surface area contributed by atoms with Gasteiger partial charge in [-0.3, -0.25) is 10.2 Å². The molecule has 0 atom stereocenters. The molecule has 0 radical (unpaired) electrons. The number of aryl methyl sites for hydroxylation is 1. The smallest absolute Gasteiger partial charge is 0.277 e. The van der Waals surface area contributed by atoms with Crippen LogP contribution >= 0.6 is 11.3 Å². The molecule has 100 valence electrons. The molecule has 6 heteroatoms. The van der Waals surface area contributed by atoms with Crippen molar-refractivity contribution < 1.29 is 9.53 Å². The highest BCUT2D eigenvalue weighted by molar-refractivity contribution is 7.13. The Morgan fingerprint density at radius 1 is 1.42 bits per heavy atom. The van der Waals surface area contributed by atoms with Crippen molar-refractivity contribution in [2.45, 2.75) is 13.3 Å². The van der Waals surface area contributed by atoms with Gasteiger partial charge in [0.1, 0.15) is 10.6 Å². The zero-order chi connectivity index (χ0) is 13.7. The molecule has 0 spiro atoms. The lowest BCUT2D eigenvalue weighted by Gasteiger charge is -2.03. The number of nitrogen functional groups attached to an aromatic ring is 1. The maximum atomic E-state index is 11.4. The van der Waals surface area contributed by atoms with Crippen LogP contribution in [0.1, 0.15) is 20.4 Å². The predicted octanol–water partition coefficient (Wildman–Crippen LogP) is 1.68. The summed E-state index contributed by atoms with van der Waals surface area (Å²) in [6, 6.07) is 9.59. The number of nitrogens with zero attached hydrogens (tertiary/aromatic N) is 1. The fourth-order valence-electron chi connectivity index (χ4n) is 1.61. The number of aromatic nitrogens is 1. The zero-order valence-corrected chi connectivity index (χ0v) is 11.4. The van der Waals surface area contributed by atoms with Crippen molar-refractivity contribution in [3.05, 3.63) is 45.9 Å². The summed E-state index contributed by atoms with van der Waals surface area (Å²) >= 11 is 1.34. The lowest BCUT2D eigenvalue weighted by atomic mass is 10.3. The Hall–Kier alpha value is -1.92. The maximum absolute atomic E-state index is 11.4. The molecule has 0 fully saturated rings. The number of benzene rings is 1. The third-order valence-corrected chi connectivity index (χ3v) is 3.72. The Labute approximate surface area is 115 Å². The van der Waals surface area contributed by atoms with Crippen molar-refractivity contribution in [2.24, 2.45) is 5.84 Å². The van der Waals surface area contributed by atoms with Crippen LogP contribution in [0.4, 0.5) is 0 Å². The van der Waals surface area contributed by atoms with Crippen LogP contribution in [0, 0.1) is 6.92 Å². The van der Waals surface area contributed by atoms with E-state index >= 15 is 0 Å². The first-order valence-corrected chi connectivity index (χ1v) is 6.67. The van der Waals surface area contributed by atoms with Crippen molar-refractivity contribution in [3.8, 4) is 5.75 Å². The van der Waals surface area contributed by atoms with Gasteiger partial charge in [0.05, 0.1) is 17.3 Å². The summed E-state index contributed by atoms with van der Waals surface area (Å²) in [5.41, 5.74) is 2.81. The number of ether oxygens (including phenoxy) is 1. The predicted molar refractivity (Wildman–Crippen MR) is 74.1 cm³/mol. The van der Waals surface area contributed by atoms with Crippen LogP contribution in [0.25, 0.3) is 0 Å². The summed E-state index contributed by atoms with van der Waals surface area (Å²) in [7, 11) is 0. The Balaban J connectivity index is 1.92. The minimum Gasteiger partial charge on any atom is -0.493 e. The van der Waals surface area contributed by atoms with E-state index < -0.39 is 0 Å².